The Bertz CT molecular complexity index is 113. The molecule has 0 bridgehead atoms. The maximum atomic E-state index is 8.32. The van der Waals surface area contributed by atoms with Crippen molar-refractivity contribution in [1.82, 2.24) is 0 Å². The Labute approximate surface area is 69.3 Å². The van der Waals surface area contributed by atoms with Gasteiger partial charge >= 0.3 is 0 Å². The minimum absolute atomic E-state index is 0. The van der Waals surface area contributed by atoms with E-state index < -0.39 is 0 Å². The molecule has 0 saturated heterocycles. The van der Waals surface area contributed by atoms with Gasteiger partial charge in [0.25, 0.3) is 0 Å². The summed E-state index contributed by atoms with van der Waals surface area (Å²) in [5, 5.41) is 11.5. The van der Waals surface area contributed by atoms with E-state index in [9.17, 15) is 0 Å². The van der Waals surface area contributed by atoms with Gasteiger partial charge in [-0.05, 0) is 25.7 Å². The van der Waals surface area contributed by atoms with Crippen LogP contribution in [0.15, 0.2) is 5.16 Å². The zero-order valence-corrected chi connectivity index (χ0v) is 5.38. The molecule has 1 aliphatic carbocycles. The Kier molecular flexibility index (Phi) is 7.31. The van der Waals surface area contributed by atoms with E-state index in [1.54, 1.807) is 0 Å². The number of oxime groups is 1. The lowest BCUT2D eigenvalue weighted by molar-refractivity contribution is 0.313. The van der Waals surface area contributed by atoms with Crippen molar-refractivity contribution < 1.29 is 5.21 Å². The first-order chi connectivity index (χ1) is 4.33. The quantitative estimate of drug-likeness (QED) is 0.420. The van der Waals surface area contributed by atoms with Crippen LogP contribution in [0, 0.1) is 0 Å². The van der Waals surface area contributed by atoms with Crippen LogP contribution in [-0.4, -0.2) is 17.0 Å². The van der Waals surface area contributed by atoms with Crippen LogP contribution in [0.5, 0.6) is 0 Å². The van der Waals surface area contributed by atoms with Crippen molar-refractivity contribution in [2.24, 2.45) is 10.9 Å². The highest BCUT2D eigenvalue weighted by Gasteiger charge is 2.13. The molecule has 0 atom stereocenters. The Balaban J connectivity index is 0. The molecule has 1 fully saturated rings. The largest absolute Gasteiger partial charge is 0.411 e. The first-order valence-electron chi connectivity index (χ1n) is 3.28. The molecule has 0 heterocycles. The molecular formula is C8H20N2O. The van der Waals surface area contributed by atoms with E-state index in [4.69, 9.17) is 10.9 Å². The predicted octanol–water partition coefficient (Wildman–Crippen LogP) is 1.99. The molecule has 0 spiro atoms. The third-order valence-corrected chi connectivity index (χ3v) is 1.75. The first kappa shape index (κ1) is 13.1. The summed E-state index contributed by atoms with van der Waals surface area (Å²) in [5.41, 5.74) is 6.51. The average molecular weight is 160 g/mol. The zero-order chi connectivity index (χ0) is 6.69. The van der Waals surface area contributed by atoms with Crippen LogP contribution < -0.4 is 5.73 Å². The molecule has 0 aliphatic heterocycles. The van der Waals surface area contributed by atoms with Crippen LogP contribution in [0.25, 0.3) is 0 Å². The van der Waals surface area contributed by atoms with Gasteiger partial charge in [0, 0.05) is 6.04 Å². The van der Waals surface area contributed by atoms with E-state index in [2.05, 4.69) is 5.16 Å². The fourth-order valence-corrected chi connectivity index (χ4v) is 1.07. The molecule has 1 saturated carbocycles. The van der Waals surface area contributed by atoms with E-state index in [1.165, 1.54) is 0 Å². The molecule has 0 aromatic rings. The maximum Gasteiger partial charge on any atom is 0.0572 e. The van der Waals surface area contributed by atoms with Crippen molar-refractivity contribution in [2.75, 3.05) is 0 Å². The molecule has 0 aromatic heterocycles. The van der Waals surface area contributed by atoms with Crippen LogP contribution in [0.2, 0.25) is 0 Å². The van der Waals surface area contributed by atoms with Crippen LogP contribution in [-0.2, 0) is 0 Å². The summed E-state index contributed by atoms with van der Waals surface area (Å²) in [6, 6.07) is 0.329. The number of nitrogens with zero attached hydrogens (tertiary/aromatic N) is 1. The Morgan fingerprint density at radius 2 is 1.73 bits per heavy atom. The number of hydrogen-bond acceptors (Lipinski definition) is 3. The second-order valence-corrected chi connectivity index (χ2v) is 2.50. The highest BCUT2D eigenvalue weighted by atomic mass is 16.4. The van der Waals surface area contributed by atoms with Gasteiger partial charge in [-0.1, -0.05) is 20.0 Å². The van der Waals surface area contributed by atoms with Crippen LogP contribution >= 0.6 is 0 Å². The second kappa shape index (κ2) is 6.16. The molecule has 0 aromatic carbocycles. The number of nitrogens with two attached hydrogens (primary N) is 1. The summed E-state index contributed by atoms with van der Waals surface area (Å²) in [6.45, 7) is 0. The Morgan fingerprint density at radius 1 is 1.27 bits per heavy atom. The van der Waals surface area contributed by atoms with Crippen molar-refractivity contribution in [1.29, 1.82) is 0 Å². The lowest BCUT2D eigenvalue weighted by Gasteiger charge is -2.17. The molecule has 0 unspecified atom stereocenters. The predicted molar refractivity (Wildman–Crippen MR) is 49.1 cm³/mol. The van der Waals surface area contributed by atoms with Crippen LogP contribution in [0.1, 0.15) is 40.5 Å². The SMILES string of the molecule is C.C.NC1CCC(=NO)CC1. The molecule has 1 aliphatic rings. The molecule has 0 amide bonds. The Hall–Kier alpha value is -0.570. The van der Waals surface area contributed by atoms with Crippen LogP contribution in [0.3, 0.4) is 0 Å². The van der Waals surface area contributed by atoms with Gasteiger partial charge in [-0.3, -0.25) is 0 Å². The van der Waals surface area contributed by atoms with Crippen molar-refractivity contribution >= 4 is 5.71 Å². The van der Waals surface area contributed by atoms with Crippen molar-refractivity contribution in [3.8, 4) is 0 Å². The standard InChI is InChI=1S/C6H12N2O.2CH4/c7-5-1-3-6(8-9)4-2-5;;/h5,9H,1-4,7H2;2*1H4. The summed E-state index contributed by atoms with van der Waals surface area (Å²) in [5.74, 6) is 0. The van der Waals surface area contributed by atoms with Crippen molar-refractivity contribution in [3.63, 3.8) is 0 Å². The minimum atomic E-state index is 0. The summed E-state index contributed by atoms with van der Waals surface area (Å²) < 4.78 is 0. The Morgan fingerprint density at radius 3 is 2.09 bits per heavy atom. The molecular weight excluding hydrogens is 140 g/mol. The molecule has 68 valence electrons. The molecule has 1 rings (SSSR count). The van der Waals surface area contributed by atoms with Crippen LogP contribution in [0.4, 0.5) is 0 Å². The normalized spacial score (nSPS) is 23.0. The fourth-order valence-electron chi connectivity index (χ4n) is 1.07. The summed E-state index contributed by atoms with van der Waals surface area (Å²) >= 11 is 0. The molecule has 0 radical (unpaired) electrons. The second-order valence-electron chi connectivity index (χ2n) is 2.50. The number of hydrogen-bond donors (Lipinski definition) is 2. The highest BCUT2D eigenvalue weighted by Crippen LogP contribution is 2.13. The van der Waals surface area contributed by atoms with Gasteiger partial charge in [-0.2, -0.15) is 0 Å². The summed E-state index contributed by atoms with van der Waals surface area (Å²) in [6.07, 6.45) is 3.69. The third kappa shape index (κ3) is 3.98. The van der Waals surface area contributed by atoms with Crippen molar-refractivity contribution in [3.05, 3.63) is 0 Å². The van der Waals surface area contributed by atoms with Gasteiger partial charge in [0.05, 0.1) is 5.71 Å². The molecule has 3 heteroatoms. The lowest BCUT2D eigenvalue weighted by atomic mass is 9.95. The smallest absolute Gasteiger partial charge is 0.0572 e. The van der Waals surface area contributed by atoms with Gasteiger partial charge in [-0.15, -0.1) is 0 Å². The van der Waals surface area contributed by atoms with Crippen molar-refractivity contribution in [2.45, 2.75) is 46.6 Å². The van der Waals surface area contributed by atoms with Gasteiger partial charge in [-0.25, -0.2) is 0 Å². The molecule has 3 N–H and O–H groups in total. The maximum absolute atomic E-state index is 8.32. The van der Waals surface area contributed by atoms with E-state index in [1.807, 2.05) is 0 Å². The van der Waals surface area contributed by atoms with E-state index in [-0.39, 0.29) is 14.9 Å². The van der Waals surface area contributed by atoms with E-state index in [0.717, 1.165) is 31.4 Å². The van der Waals surface area contributed by atoms with Gasteiger partial charge in [0.2, 0.25) is 0 Å². The lowest BCUT2D eigenvalue weighted by Crippen LogP contribution is -2.26. The first-order valence-corrected chi connectivity index (χ1v) is 3.28. The summed E-state index contributed by atoms with van der Waals surface area (Å²) in [4.78, 5) is 0. The highest BCUT2D eigenvalue weighted by molar-refractivity contribution is 5.84. The summed E-state index contributed by atoms with van der Waals surface area (Å²) in [7, 11) is 0. The third-order valence-electron chi connectivity index (χ3n) is 1.75. The minimum Gasteiger partial charge on any atom is -0.411 e. The zero-order valence-electron chi connectivity index (χ0n) is 5.38. The monoisotopic (exact) mass is 160 g/mol. The topological polar surface area (TPSA) is 58.6 Å². The van der Waals surface area contributed by atoms with Gasteiger partial charge < -0.3 is 10.9 Å². The van der Waals surface area contributed by atoms with E-state index in [0.29, 0.717) is 6.04 Å². The molecule has 3 nitrogen and oxygen atoms in total. The number of rotatable bonds is 0. The van der Waals surface area contributed by atoms with E-state index >= 15 is 0 Å². The fraction of sp³-hybridized carbons (Fsp3) is 0.875. The molecule has 11 heavy (non-hydrogen) atoms. The average Bonchev–Trinajstić information content (AvgIpc) is 1.90. The van der Waals surface area contributed by atoms with Gasteiger partial charge in [0.1, 0.15) is 0 Å². The van der Waals surface area contributed by atoms with Gasteiger partial charge in [0.15, 0.2) is 0 Å².